The molecule has 48 heavy (non-hydrogen) atoms. The number of amides is 3. The Labute approximate surface area is 282 Å². The van der Waals surface area contributed by atoms with Crippen LogP contribution in [-0.4, -0.2) is 55.1 Å². The van der Waals surface area contributed by atoms with Crippen molar-refractivity contribution in [1.82, 2.24) is 10.4 Å². The summed E-state index contributed by atoms with van der Waals surface area (Å²) < 4.78 is 10.4. The van der Waals surface area contributed by atoms with Gasteiger partial charge in [-0.1, -0.05) is 62.4 Å². The van der Waals surface area contributed by atoms with Crippen LogP contribution in [-0.2, 0) is 24.0 Å². The van der Waals surface area contributed by atoms with E-state index < -0.39 is 23.7 Å². The molecule has 2 atom stereocenters. The number of nitrogens with zero attached hydrogens (tertiary/aromatic N) is 1. The molecule has 0 unspecified atom stereocenters. The zero-order valence-corrected chi connectivity index (χ0v) is 29.0. The molecule has 1 aliphatic heterocycles. The van der Waals surface area contributed by atoms with Gasteiger partial charge in [0.05, 0.1) is 26.1 Å². The number of rotatable bonds is 8. The Morgan fingerprint density at radius 2 is 1.06 bits per heavy atom. The zero-order valence-electron chi connectivity index (χ0n) is 29.0. The second kappa shape index (κ2) is 17.3. The molecule has 10 nitrogen and oxygen atoms in total. The van der Waals surface area contributed by atoms with Gasteiger partial charge in [-0.25, -0.2) is 4.79 Å². The van der Waals surface area contributed by atoms with E-state index in [0.717, 1.165) is 44.2 Å². The van der Waals surface area contributed by atoms with Gasteiger partial charge in [-0.2, -0.15) is 0 Å². The van der Waals surface area contributed by atoms with Crippen LogP contribution in [0.25, 0.3) is 21.5 Å². The van der Waals surface area contributed by atoms with Crippen molar-refractivity contribution in [2.75, 3.05) is 14.2 Å². The Morgan fingerprint density at radius 3 is 1.48 bits per heavy atom. The summed E-state index contributed by atoms with van der Waals surface area (Å²) in [6.07, 6.45) is 0.163. The van der Waals surface area contributed by atoms with Crippen molar-refractivity contribution in [2.45, 2.75) is 78.3 Å². The highest BCUT2D eigenvalue weighted by Crippen LogP contribution is 2.27. The maximum atomic E-state index is 12.2. The third kappa shape index (κ3) is 10.3. The molecule has 3 N–H and O–H groups in total. The average Bonchev–Trinajstić information content (AvgIpc) is 3.38. The highest BCUT2D eigenvalue weighted by molar-refractivity contribution is 6.02. The second-order valence-electron chi connectivity index (χ2n) is 12.3. The molecule has 10 heteroatoms. The van der Waals surface area contributed by atoms with Gasteiger partial charge in [0.15, 0.2) is 0 Å². The summed E-state index contributed by atoms with van der Waals surface area (Å²) in [5.41, 5.74) is 6.89. The Morgan fingerprint density at radius 1 is 0.667 bits per heavy atom. The predicted molar refractivity (Wildman–Crippen MR) is 188 cm³/mol. The normalized spacial score (nSPS) is 13.8. The number of ether oxygens (including phenoxy) is 2. The fraction of sp³-hybridized carbons (Fsp3) is 0.368. The van der Waals surface area contributed by atoms with Crippen LogP contribution in [0.1, 0.15) is 77.3 Å². The lowest BCUT2D eigenvalue weighted by molar-refractivity contribution is -0.198. The summed E-state index contributed by atoms with van der Waals surface area (Å²) in [5, 5.41) is 7.70. The van der Waals surface area contributed by atoms with Crippen LogP contribution in [0.3, 0.4) is 0 Å². The van der Waals surface area contributed by atoms with Crippen LogP contribution < -0.4 is 20.5 Å². The summed E-state index contributed by atoms with van der Waals surface area (Å²) in [4.78, 5) is 52.3. The molecule has 0 radical (unpaired) electrons. The van der Waals surface area contributed by atoms with Crippen molar-refractivity contribution in [2.24, 2.45) is 5.73 Å². The Bertz CT molecular complexity index is 1730. The fourth-order valence-corrected chi connectivity index (χ4v) is 4.80. The average molecular weight is 658 g/mol. The van der Waals surface area contributed by atoms with E-state index in [4.69, 9.17) is 20.0 Å². The molecule has 256 valence electrons. The van der Waals surface area contributed by atoms with Gasteiger partial charge in [0, 0.05) is 18.9 Å². The summed E-state index contributed by atoms with van der Waals surface area (Å²) >= 11 is 0. The minimum absolute atomic E-state index is 0.0628. The molecule has 1 fully saturated rings. The van der Waals surface area contributed by atoms with Gasteiger partial charge in [0.1, 0.15) is 11.5 Å². The van der Waals surface area contributed by atoms with Crippen LogP contribution in [0.4, 0.5) is 0 Å². The molecule has 4 aromatic carbocycles. The summed E-state index contributed by atoms with van der Waals surface area (Å²) in [6.45, 7) is 11.4. The van der Waals surface area contributed by atoms with Gasteiger partial charge in [0.25, 0.3) is 11.8 Å². The summed E-state index contributed by atoms with van der Waals surface area (Å²) in [7, 11) is 3.27. The number of nitrogens with one attached hydrogen (secondary N) is 1. The molecule has 5 rings (SSSR count). The van der Waals surface area contributed by atoms with Crippen molar-refractivity contribution in [1.29, 1.82) is 0 Å². The van der Waals surface area contributed by atoms with E-state index in [9.17, 15) is 19.2 Å². The van der Waals surface area contributed by atoms with Crippen LogP contribution in [0.2, 0.25) is 0 Å². The van der Waals surface area contributed by atoms with Gasteiger partial charge in [-0.05, 0) is 90.7 Å². The van der Waals surface area contributed by atoms with E-state index in [1.54, 1.807) is 21.1 Å². The number of carbonyl (C=O) groups is 4. The minimum Gasteiger partial charge on any atom is -0.497 e. The summed E-state index contributed by atoms with van der Waals surface area (Å²) in [5.74, 6) is -0.678. The Balaban J connectivity index is 0.000000238. The van der Waals surface area contributed by atoms with Gasteiger partial charge < -0.3 is 25.4 Å². The van der Waals surface area contributed by atoms with Gasteiger partial charge in [-0.3, -0.25) is 14.4 Å². The lowest BCUT2D eigenvalue weighted by Gasteiger charge is -2.17. The van der Waals surface area contributed by atoms with E-state index in [-0.39, 0.29) is 30.7 Å². The molecule has 1 heterocycles. The minimum atomic E-state index is -0.633. The lowest BCUT2D eigenvalue weighted by Crippen LogP contribution is -2.33. The van der Waals surface area contributed by atoms with Crippen molar-refractivity contribution >= 4 is 45.2 Å². The van der Waals surface area contributed by atoms with Crippen molar-refractivity contribution in [3.63, 3.8) is 0 Å². The molecular formula is C38H47N3O7. The SMILES string of the molecule is CC(C)N.COc1ccc2cc([C@H](C)C(=O)NC(C)C)ccc2c1.COc1ccc2cc([C@H](C)C(=O)ON3C(=O)CCC3=O)ccc2c1. The number of hydrogen-bond donors (Lipinski definition) is 2. The number of hydrogen-bond acceptors (Lipinski definition) is 8. The third-order valence-corrected chi connectivity index (χ3v) is 7.51. The van der Waals surface area contributed by atoms with Crippen molar-refractivity contribution < 1.29 is 33.5 Å². The van der Waals surface area contributed by atoms with E-state index >= 15 is 0 Å². The first-order chi connectivity index (χ1) is 22.7. The zero-order chi connectivity index (χ0) is 35.5. The molecule has 0 aromatic heterocycles. The molecule has 4 aromatic rings. The van der Waals surface area contributed by atoms with E-state index in [0.29, 0.717) is 11.1 Å². The molecule has 0 spiro atoms. The highest BCUT2D eigenvalue weighted by Gasteiger charge is 2.34. The first-order valence-corrected chi connectivity index (χ1v) is 16.0. The first-order valence-electron chi connectivity index (χ1n) is 16.0. The quantitative estimate of drug-likeness (QED) is 0.208. The first kappa shape index (κ1) is 37.5. The van der Waals surface area contributed by atoms with Gasteiger partial charge in [0.2, 0.25) is 5.91 Å². The molecule has 0 saturated carbocycles. The molecule has 3 amide bonds. The summed E-state index contributed by atoms with van der Waals surface area (Å²) in [6, 6.07) is 23.8. The third-order valence-electron chi connectivity index (χ3n) is 7.51. The van der Waals surface area contributed by atoms with Crippen LogP contribution >= 0.6 is 0 Å². The number of carbonyl (C=O) groups excluding carboxylic acids is 4. The Kier molecular flexibility index (Phi) is 13.5. The van der Waals surface area contributed by atoms with Gasteiger partial charge in [-0.15, -0.1) is 5.06 Å². The van der Waals surface area contributed by atoms with Gasteiger partial charge >= 0.3 is 5.97 Å². The topological polar surface area (TPSA) is 137 Å². The maximum Gasteiger partial charge on any atom is 0.340 e. The number of nitrogens with two attached hydrogens (primary N) is 1. The lowest BCUT2D eigenvalue weighted by atomic mass is 9.97. The van der Waals surface area contributed by atoms with Crippen LogP contribution in [0, 0.1) is 0 Å². The monoisotopic (exact) mass is 657 g/mol. The van der Waals surface area contributed by atoms with Crippen molar-refractivity contribution in [3.8, 4) is 11.5 Å². The van der Waals surface area contributed by atoms with E-state index in [2.05, 4.69) is 11.4 Å². The molecular weight excluding hydrogens is 610 g/mol. The molecule has 0 aliphatic carbocycles. The smallest absolute Gasteiger partial charge is 0.340 e. The molecule has 1 saturated heterocycles. The fourth-order valence-electron chi connectivity index (χ4n) is 4.80. The predicted octanol–water partition coefficient (Wildman–Crippen LogP) is 6.39. The van der Waals surface area contributed by atoms with E-state index in [1.165, 1.54) is 0 Å². The van der Waals surface area contributed by atoms with E-state index in [1.807, 2.05) is 101 Å². The Hall–Kier alpha value is -4.96. The molecule has 0 bridgehead atoms. The standard InChI is InChI=1S/C18H17NO5.C17H21NO2.C3H9N/c1-11(18(22)24-19-16(20)7-8-17(19)21)12-3-4-14-10-15(23-2)6-5-13(14)9-12;1-11(2)18-17(19)12(3)13-5-6-15-10-16(20-4)8-7-14(15)9-13;1-3(2)4/h3-6,9-11H,7-8H2,1-2H3;5-12H,1-4H3,(H,18,19);3H,4H2,1-2H3/t11-;12-;/m00./s1. The number of imide groups is 1. The number of benzene rings is 4. The van der Waals surface area contributed by atoms with Crippen LogP contribution in [0.15, 0.2) is 72.8 Å². The number of methoxy groups -OCH3 is 2. The van der Waals surface area contributed by atoms with Crippen LogP contribution in [0.5, 0.6) is 11.5 Å². The highest BCUT2D eigenvalue weighted by atomic mass is 16.7. The number of hydroxylamine groups is 2. The van der Waals surface area contributed by atoms with Crippen molar-refractivity contribution in [3.05, 3.63) is 83.9 Å². The largest absolute Gasteiger partial charge is 0.497 e. The maximum absolute atomic E-state index is 12.2. The molecule has 1 aliphatic rings. The number of fused-ring (bicyclic) bond motifs is 2. The second-order valence-corrected chi connectivity index (χ2v) is 12.3.